The second-order valence-electron chi connectivity index (χ2n) is 12.0. The minimum absolute atomic E-state index is 0.0383. The summed E-state index contributed by atoms with van der Waals surface area (Å²) in [6, 6.07) is 11.8. The fourth-order valence-electron chi connectivity index (χ4n) is 5.30. The summed E-state index contributed by atoms with van der Waals surface area (Å²) in [5, 5.41) is 5.45. The van der Waals surface area contributed by atoms with Gasteiger partial charge in [-0.3, -0.25) is 24.5 Å². The van der Waals surface area contributed by atoms with Crippen molar-refractivity contribution in [1.29, 1.82) is 0 Å². The van der Waals surface area contributed by atoms with Crippen molar-refractivity contribution in [3.05, 3.63) is 66.2 Å². The fraction of sp³-hybridized carbons (Fsp3) is 0.364. The van der Waals surface area contributed by atoms with Crippen LogP contribution in [0.2, 0.25) is 0 Å². The molecule has 2 N–H and O–H groups in total. The number of hydrogen-bond donors (Lipinski definition) is 2. The highest BCUT2D eigenvalue weighted by Crippen LogP contribution is 2.39. The minimum atomic E-state index is -1.18. The zero-order chi connectivity index (χ0) is 32.4. The molecule has 11 nitrogen and oxygen atoms in total. The Morgan fingerprint density at radius 2 is 1.80 bits per heavy atom. The number of fused-ring (bicyclic) bond motifs is 1. The Balaban J connectivity index is 1.07. The number of halogens is 1. The Morgan fingerprint density at radius 1 is 1.02 bits per heavy atom. The normalized spacial score (nSPS) is 15.4. The molecule has 0 bridgehead atoms. The molecule has 1 saturated heterocycles. The van der Waals surface area contributed by atoms with Crippen LogP contribution in [-0.4, -0.2) is 75.5 Å². The second kappa shape index (κ2) is 13.0. The van der Waals surface area contributed by atoms with Crippen molar-refractivity contribution >= 4 is 45.1 Å². The Hall–Kier alpha value is -4.62. The van der Waals surface area contributed by atoms with E-state index in [1.165, 1.54) is 30.4 Å². The number of hydrogen-bond acceptors (Lipinski definition) is 9. The highest BCUT2D eigenvalue weighted by Gasteiger charge is 2.36. The van der Waals surface area contributed by atoms with E-state index in [-0.39, 0.29) is 23.7 Å². The molecule has 0 spiro atoms. The Bertz CT molecular complexity index is 1770. The summed E-state index contributed by atoms with van der Waals surface area (Å²) in [5.41, 5.74) is 1.70. The van der Waals surface area contributed by atoms with E-state index in [0.717, 1.165) is 33.7 Å². The van der Waals surface area contributed by atoms with Gasteiger partial charge in [-0.05, 0) is 56.5 Å². The van der Waals surface area contributed by atoms with Crippen LogP contribution in [0.5, 0.6) is 11.5 Å². The van der Waals surface area contributed by atoms with Gasteiger partial charge in [-0.25, -0.2) is 9.18 Å². The van der Waals surface area contributed by atoms with Gasteiger partial charge < -0.3 is 25.0 Å². The van der Waals surface area contributed by atoms with Crippen LogP contribution in [-0.2, 0) is 20.9 Å². The number of carbonyl (C=O) groups excluding carboxylic acids is 3. The van der Waals surface area contributed by atoms with E-state index in [0.29, 0.717) is 49.7 Å². The molecule has 2 aliphatic rings. The number of aromatic nitrogens is 2. The number of nitrogens with zero attached hydrogens (tertiary/aromatic N) is 4. The lowest BCUT2D eigenvalue weighted by atomic mass is 10.1. The number of amides is 3. The molecule has 240 valence electrons. The van der Waals surface area contributed by atoms with Crippen LogP contribution in [0.4, 0.5) is 14.9 Å². The number of rotatable bonds is 9. The highest BCUT2D eigenvalue weighted by atomic mass is 32.1. The Kier molecular flexibility index (Phi) is 8.87. The number of carbonyl (C=O) groups is 3. The SMILES string of the molecule is CC(=O)OC(C)(C)C(=O)N1CCN(Cc2ccc(-c3cc4nccc(Oc5ccc(NC(=O)NC6CC6)cc5F)c4s3)nc2)CC1. The lowest BCUT2D eigenvalue weighted by Crippen LogP contribution is -2.54. The minimum Gasteiger partial charge on any atom is -0.453 e. The molecule has 0 radical (unpaired) electrons. The van der Waals surface area contributed by atoms with Gasteiger partial charge in [-0.1, -0.05) is 6.07 Å². The lowest BCUT2D eigenvalue weighted by Gasteiger charge is -2.38. The van der Waals surface area contributed by atoms with Gasteiger partial charge in [-0.2, -0.15) is 0 Å². The van der Waals surface area contributed by atoms with E-state index < -0.39 is 17.4 Å². The third-order valence-corrected chi connectivity index (χ3v) is 8.92. The molecule has 3 amide bonds. The highest BCUT2D eigenvalue weighted by molar-refractivity contribution is 7.22. The van der Waals surface area contributed by atoms with E-state index >= 15 is 0 Å². The molecule has 1 aliphatic heterocycles. The van der Waals surface area contributed by atoms with Crippen molar-refractivity contribution in [3.8, 4) is 22.1 Å². The number of thiophene rings is 1. The maximum Gasteiger partial charge on any atom is 0.319 e. The van der Waals surface area contributed by atoms with Crippen LogP contribution in [0, 0.1) is 5.82 Å². The summed E-state index contributed by atoms with van der Waals surface area (Å²) in [6.45, 7) is 7.74. The zero-order valence-corrected chi connectivity index (χ0v) is 26.7. The number of anilines is 1. The Labute approximate surface area is 269 Å². The largest absolute Gasteiger partial charge is 0.453 e. The van der Waals surface area contributed by atoms with Gasteiger partial charge in [0.15, 0.2) is 17.2 Å². The molecule has 4 heterocycles. The predicted octanol–water partition coefficient (Wildman–Crippen LogP) is 5.56. The van der Waals surface area contributed by atoms with Gasteiger partial charge in [0, 0.05) is 75.9 Å². The first-order valence-electron chi connectivity index (χ1n) is 15.1. The number of piperazine rings is 1. The number of nitrogens with one attached hydrogen (secondary N) is 2. The van der Waals surface area contributed by atoms with Crippen molar-refractivity contribution in [1.82, 2.24) is 25.1 Å². The third-order valence-electron chi connectivity index (χ3n) is 7.75. The molecule has 1 saturated carbocycles. The van der Waals surface area contributed by atoms with Crippen LogP contribution >= 0.6 is 11.3 Å². The summed E-state index contributed by atoms with van der Waals surface area (Å²) < 4.78 is 26.9. The number of esters is 1. The first kappa shape index (κ1) is 31.4. The lowest BCUT2D eigenvalue weighted by molar-refractivity contribution is -0.169. The third kappa shape index (κ3) is 7.43. The van der Waals surface area contributed by atoms with Gasteiger partial charge in [-0.15, -0.1) is 11.3 Å². The molecule has 6 rings (SSSR count). The van der Waals surface area contributed by atoms with E-state index in [9.17, 15) is 18.8 Å². The average Bonchev–Trinajstić information content (AvgIpc) is 3.71. The van der Waals surface area contributed by atoms with Crippen molar-refractivity contribution < 1.29 is 28.2 Å². The van der Waals surface area contributed by atoms with Crippen LogP contribution in [0.25, 0.3) is 20.8 Å². The summed E-state index contributed by atoms with van der Waals surface area (Å²) in [5.74, 6) is -0.753. The van der Waals surface area contributed by atoms with Gasteiger partial charge in [0.1, 0.15) is 5.75 Å². The van der Waals surface area contributed by atoms with Crippen LogP contribution < -0.4 is 15.4 Å². The Morgan fingerprint density at radius 3 is 2.48 bits per heavy atom. The van der Waals surface area contributed by atoms with Crippen LogP contribution in [0.1, 0.15) is 39.2 Å². The number of pyridine rings is 2. The van der Waals surface area contributed by atoms with E-state index in [1.807, 2.05) is 24.4 Å². The number of urea groups is 1. The van der Waals surface area contributed by atoms with Crippen LogP contribution in [0.15, 0.2) is 54.9 Å². The summed E-state index contributed by atoms with van der Waals surface area (Å²) in [7, 11) is 0. The van der Waals surface area contributed by atoms with E-state index in [1.54, 1.807) is 37.1 Å². The molecule has 2 fully saturated rings. The maximum atomic E-state index is 14.9. The molecular weight excluding hydrogens is 611 g/mol. The van der Waals surface area contributed by atoms with Crippen molar-refractivity contribution in [2.75, 3.05) is 31.5 Å². The maximum absolute atomic E-state index is 14.9. The topological polar surface area (TPSA) is 126 Å². The van der Waals surface area contributed by atoms with E-state index in [4.69, 9.17) is 14.5 Å². The van der Waals surface area contributed by atoms with Gasteiger partial charge >= 0.3 is 12.0 Å². The molecule has 3 aromatic heterocycles. The molecule has 4 aromatic rings. The second-order valence-corrected chi connectivity index (χ2v) is 13.0. The first-order valence-corrected chi connectivity index (χ1v) is 16.0. The van der Waals surface area contributed by atoms with Gasteiger partial charge in [0.25, 0.3) is 5.91 Å². The summed E-state index contributed by atoms with van der Waals surface area (Å²) in [4.78, 5) is 50.3. The smallest absolute Gasteiger partial charge is 0.319 e. The van der Waals surface area contributed by atoms with Gasteiger partial charge in [0.05, 0.1) is 20.8 Å². The fourth-order valence-corrected chi connectivity index (χ4v) is 6.34. The molecule has 1 aromatic carbocycles. The van der Waals surface area contributed by atoms with Crippen molar-refractivity contribution in [3.63, 3.8) is 0 Å². The first-order chi connectivity index (χ1) is 22.0. The quantitative estimate of drug-likeness (QED) is 0.227. The van der Waals surface area contributed by atoms with Crippen molar-refractivity contribution in [2.24, 2.45) is 0 Å². The monoisotopic (exact) mass is 646 g/mol. The van der Waals surface area contributed by atoms with Crippen LogP contribution in [0.3, 0.4) is 0 Å². The number of ether oxygens (including phenoxy) is 2. The molecular formula is C33H35FN6O5S. The standard InChI is InChI=1S/C33H35FN6O5S/c1-20(41)45-33(2,3)31(42)40-14-12-39(13-15-40)19-21-4-8-25(36-18-21)29-17-26-30(46-29)28(10-11-35-26)44-27-9-7-23(16-24(27)34)38-32(43)37-22-5-6-22/h4,7-11,16-18,22H,5-6,12-15,19H2,1-3H3,(H2,37,38,43). The zero-order valence-electron chi connectivity index (χ0n) is 25.8. The van der Waals surface area contributed by atoms with Gasteiger partial charge in [0.2, 0.25) is 0 Å². The number of benzene rings is 1. The molecule has 13 heteroatoms. The molecule has 46 heavy (non-hydrogen) atoms. The average molecular weight is 647 g/mol. The molecule has 0 atom stereocenters. The summed E-state index contributed by atoms with van der Waals surface area (Å²) in [6.07, 6.45) is 5.39. The molecule has 1 aliphatic carbocycles. The van der Waals surface area contributed by atoms with E-state index in [2.05, 4.69) is 20.5 Å². The summed E-state index contributed by atoms with van der Waals surface area (Å²) >= 11 is 1.46. The predicted molar refractivity (Wildman–Crippen MR) is 172 cm³/mol. The van der Waals surface area contributed by atoms with Crippen molar-refractivity contribution in [2.45, 2.75) is 51.8 Å². The molecule has 0 unspecified atom stereocenters.